The Kier molecular flexibility index (Phi) is 51.0. The van der Waals surface area contributed by atoms with Gasteiger partial charge in [-0.1, -0.05) is 298 Å². The van der Waals surface area contributed by atoms with Gasteiger partial charge in [0, 0.05) is 19.3 Å². The number of rotatable bonds is 54. The lowest BCUT2D eigenvalue weighted by atomic mass is 9.99. The summed E-state index contributed by atoms with van der Waals surface area (Å²) in [4.78, 5) is 38.1. The van der Waals surface area contributed by atoms with E-state index in [2.05, 4.69) is 41.5 Å². The highest BCUT2D eigenvalue weighted by atomic mass is 16.6. The lowest BCUT2D eigenvalue weighted by Crippen LogP contribution is -2.30. The quantitative estimate of drug-likeness (QED) is 0.0343. The molecule has 0 spiro atoms. The van der Waals surface area contributed by atoms with Crippen molar-refractivity contribution < 1.29 is 28.6 Å². The summed E-state index contributed by atoms with van der Waals surface area (Å²) in [5, 5.41) is 0. The summed E-state index contributed by atoms with van der Waals surface area (Å²) in [5.74, 6) is 1.69. The molecule has 0 bridgehead atoms. The van der Waals surface area contributed by atoms with E-state index < -0.39 is 6.10 Å². The average molecular weight is 948 g/mol. The van der Waals surface area contributed by atoms with Gasteiger partial charge in [0.25, 0.3) is 0 Å². The molecule has 0 N–H and O–H groups in total. The molecule has 0 aromatic carbocycles. The third kappa shape index (κ3) is 53.6. The van der Waals surface area contributed by atoms with Crippen LogP contribution in [0.25, 0.3) is 0 Å². The molecule has 0 aliphatic rings. The summed E-state index contributed by atoms with van der Waals surface area (Å²) in [6, 6.07) is 0. The fourth-order valence-electron chi connectivity index (χ4n) is 9.32. The molecular weight excluding hydrogens is 829 g/mol. The van der Waals surface area contributed by atoms with Gasteiger partial charge in [-0.3, -0.25) is 14.4 Å². The van der Waals surface area contributed by atoms with Gasteiger partial charge in [-0.25, -0.2) is 0 Å². The van der Waals surface area contributed by atoms with Crippen molar-refractivity contribution in [3.63, 3.8) is 0 Å². The fraction of sp³-hybridized carbons (Fsp3) is 0.951. The Labute approximate surface area is 418 Å². The largest absolute Gasteiger partial charge is 0.462 e. The van der Waals surface area contributed by atoms with Gasteiger partial charge in [-0.05, 0) is 37.0 Å². The molecule has 0 rings (SSSR count). The zero-order chi connectivity index (χ0) is 49.1. The minimum atomic E-state index is -0.764. The predicted octanol–water partition coefficient (Wildman–Crippen LogP) is 19.9. The summed E-state index contributed by atoms with van der Waals surface area (Å²) in [6.07, 6.45) is 55.3. The van der Waals surface area contributed by atoms with Crippen molar-refractivity contribution in [2.75, 3.05) is 13.2 Å². The van der Waals surface area contributed by atoms with E-state index in [9.17, 15) is 14.4 Å². The van der Waals surface area contributed by atoms with E-state index in [0.717, 1.165) is 75.5 Å². The Bertz CT molecular complexity index is 1040. The molecule has 0 aliphatic carbocycles. The van der Waals surface area contributed by atoms with Crippen molar-refractivity contribution >= 4 is 17.9 Å². The standard InChI is InChI=1S/C61H118O6/c1-7-57(6)49-43-37-31-25-21-17-14-15-19-23-27-33-40-46-52-61(64)67-58(54-66-60(63)51-45-39-34-28-30-36-42-48-56(4)5)53-65-59(62)50-44-38-32-26-22-18-13-11-9-8-10-12-16-20-24-29-35-41-47-55(2)3/h55-58H,7-54H2,1-6H3/t57?,58-/m0/s1. The minimum Gasteiger partial charge on any atom is -0.462 e. The number of carbonyl (C=O) groups is 3. The molecule has 0 heterocycles. The van der Waals surface area contributed by atoms with Crippen LogP contribution in [-0.2, 0) is 28.6 Å². The fourth-order valence-corrected chi connectivity index (χ4v) is 9.32. The number of ether oxygens (including phenoxy) is 3. The van der Waals surface area contributed by atoms with E-state index in [4.69, 9.17) is 14.2 Å². The van der Waals surface area contributed by atoms with Crippen LogP contribution in [0.1, 0.15) is 337 Å². The Morgan fingerprint density at radius 3 is 0.776 bits per heavy atom. The SMILES string of the molecule is CCC(C)CCCCCCCCCCCCCCCCC(=O)O[C@@H](COC(=O)CCCCCCCCCCCCCCCCCCCCC(C)C)COC(=O)CCCCCCCCCC(C)C. The molecule has 398 valence electrons. The third-order valence-corrected chi connectivity index (χ3v) is 14.3. The van der Waals surface area contributed by atoms with Crippen molar-refractivity contribution in [2.24, 2.45) is 17.8 Å². The van der Waals surface area contributed by atoms with Crippen molar-refractivity contribution in [2.45, 2.75) is 343 Å². The Balaban J connectivity index is 4.21. The molecule has 0 aromatic heterocycles. The maximum atomic E-state index is 12.9. The molecule has 1 unspecified atom stereocenters. The number of hydrogen-bond acceptors (Lipinski definition) is 6. The lowest BCUT2D eigenvalue weighted by molar-refractivity contribution is -0.167. The zero-order valence-electron chi connectivity index (χ0n) is 46.2. The molecule has 0 aromatic rings. The maximum absolute atomic E-state index is 12.9. The summed E-state index contributed by atoms with van der Waals surface area (Å²) in [7, 11) is 0. The highest BCUT2D eigenvalue weighted by Gasteiger charge is 2.19. The molecule has 0 aliphatic heterocycles. The first-order chi connectivity index (χ1) is 32.6. The highest BCUT2D eigenvalue weighted by Crippen LogP contribution is 2.19. The van der Waals surface area contributed by atoms with Gasteiger partial charge < -0.3 is 14.2 Å². The van der Waals surface area contributed by atoms with Gasteiger partial charge in [0.05, 0.1) is 0 Å². The molecule has 0 amide bonds. The normalized spacial score (nSPS) is 12.5. The molecular formula is C61H118O6. The lowest BCUT2D eigenvalue weighted by Gasteiger charge is -2.18. The first kappa shape index (κ1) is 65.4. The molecule has 0 saturated carbocycles. The van der Waals surface area contributed by atoms with Crippen LogP contribution in [0, 0.1) is 17.8 Å². The van der Waals surface area contributed by atoms with Crippen molar-refractivity contribution in [1.29, 1.82) is 0 Å². The Morgan fingerprint density at radius 1 is 0.299 bits per heavy atom. The molecule has 0 fully saturated rings. The molecule has 6 nitrogen and oxygen atoms in total. The van der Waals surface area contributed by atoms with Crippen LogP contribution < -0.4 is 0 Å². The van der Waals surface area contributed by atoms with Crippen LogP contribution in [0.15, 0.2) is 0 Å². The Hall–Kier alpha value is -1.59. The third-order valence-electron chi connectivity index (χ3n) is 14.3. The second-order valence-corrected chi connectivity index (χ2v) is 22.2. The van der Waals surface area contributed by atoms with E-state index in [1.807, 2.05) is 0 Å². The Morgan fingerprint density at radius 2 is 0.522 bits per heavy atom. The van der Waals surface area contributed by atoms with Crippen LogP contribution in [-0.4, -0.2) is 37.2 Å². The van der Waals surface area contributed by atoms with Crippen molar-refractivity contribution in [3.8, 4) is 0 Å². The van der Waals surface area contributed by atoms with E-state index in [1.165, 1.54) is 218 Å². The van der Waals surface area contributed by atoms with Gasteiger partial charge in [-0.15, -0.1) is 0 Å². The number of hydrogen-bond donors (Lipinski definition) is 0. The molecule has 67 heavy (non-hydrogen) atoms. The number of carbonyl (C=O) groups excluding carboxylic acids is 3. The predicted molar refractivity (Wildman–Crippen MR) is 289 cm³/mol. The second kappa shape index (κ2) is 52.2. The van der Waals surface area contributed by atoms with E-state index in [1.54, 1.807) is 0 Å². The summed E-state index contributed by atoms with van der Waals surface area (Å²) >= 11 is 0. The minimum absolute atomic E-state index is 0.0638. The van der Waals surface area contributed by atoms with Crippen LogP contribution >= 0.6 is 0 Å². The van der Waals surface area contributed by atoms with Crippen LogP contribution in [0.5, 0.6) is 0 Å². The summed E-state index contributed by atoms with van der Waals surface area (Å²) in [6.45, 7) is 13.8. The molecule has 2 atom stereocenters. The van der Waals surface area contributed by atoms with E-state index in [-0.39, 0.29) is 31.1 Å². The van der Waals surface area contributed by atoms with Crippen LogP contribution in [0.2, 0.25) is 0 Å². The molecule has 6 heteroatoms. The average Bonchev–Trinajstić information content (AvgIpc) is 3.30. The second-order valence-electron chi connectivity index (χ2n) is 22.2. The van der Waals surface area contributed by atoms with E-state index >= 15 is 0 Å². The monoisotopic (exact) mass is 947 g/mol. The van der Waals surface area contributed by atoms with Gasteiger partial charge in [-0.2, -0.15) is 0 Å². The van der Waals surface area contributed by atoms with Gasteiger partial charge in [0.1, 0.15) is 13.2 Å². The first-order valence-corrected chi connectivity index (χ1v) is 30.1. The topological polar surface area (TPSA) is 78.9 Å². The summed E-state index contributed by atoms with van der Waals surface area (Å²) < 4.78 is 16.9. The molecule has 0 radical (unpaired) electrons. The van der Waals surface area contributed by atoms with Crippen molar-refractivity contribution in [3.05, 3.63) is 0 Å². The maximum Gasteiger partial charge on any atom is 0.306 e. The van der Waals surface area contributed by atoms with Crippen LogP contribution in [0.3, 0.4) is 0 Å². The molecule has 0 saturated heterocycles. The smallest absolute Gasteiger partial charge is 0.306 e. The number of esters is 3. The number of unbranched alkanes of at least 4 members (excludes halogenated alkanes) is 36. The van der Waals surface area contributed by atoms with Gasteiger partial charge in [0.15, 0.2) is 6.10 Å². The van der Waals surface area contributed by atoms with Gasteiger partial charge >= 0.3 is 17.9 Å². The zero-order valence-corrected chi connectivity index (χ0v) is 46.2. The van der Waals surface area contributed by atoms with Crippen molar-refractivity contribution in [1.82, 2.24) is 0 Å². The van der Waals surface area contributed by atoms with E-state index in [0.29, 0.717) is 19.3 Å². The van der Waals surface area contributed by atoms with Crippen LogP contribution in [0.4, 0.5) is 0 Å². The first-order valence-electron chi connectivity index (χ1n) is 30.1. The highest BCUT2D eigenvalue weighted by molar-refractivity contribution is 5.71. The summed E-state index contributed by atoms with van der Waals surface area (Å²) in [5.41, 5.74) is 0. The van der Waals surface area contributed by atoms with Gasteiger partial charge in [0.2, 0.25) is 0 Å².